The molecular weight excluding hydrogens is 651 g/mol. The summed E-state index contributed by atoms with van der Waals surface area (Å²) in [5.74, 6) is -4.05. The summed E-state index contributed by atoms with van der Waals surface area (Å²) >= 11 is 6.43. The number of hydrogen-bond acceptors (Lipinski definition) is 13. The Morgan fingerprint density at radius 3 is 1.39 bits per heavy atom. The highest BCUT2D eigenvalue weighted by atomic mass is 79.9. The van der Waals surface area contributed by atoms with E-state index in [1.165, 1.54) is 0 Å². The molecule has 10 atom stereocenters. The second kappa shape index (κ2) is 14.5. The summed E-state index contributed by atoms with van der Waals surface area (Å²) in [4.78, 5) is 59.3. The van der Waals surface area contributed by atoms with Crippen molar-refractivity contribution in [2.24, 2.45) is 0 Å². The Hall–Kier alpha value is -1.88. The number of ether oxygens (including phenoxy) is 8. The average Bonchev–Trinajstić information content (AvgIpc) is 2.79. The molecule has 0 amide bonds. The maximum Gasteiger partial charge on any atom is 0.303 e. The third kappa shape index (κ3) is 8.56. The molecule has 0 radical (unpaired) electrons. The van der Waals surface area contributed by atoms with Gasteiger partial charge in [-0.2, -0.15) is 0 Å². The minimum Gasteiger partial charge on any atom is -0.456 e. The molecule has 13 nitrogen and oxygen atoms in total. The Kier molecular flexibility index (Phi) is 12.3. The number of hydrogen-bond donors (Lipinski definition) is 0. The molecule has 0 aromatic carbocycles. The van der Waals surface area contributed by atoms with Gasteiger partial charge in [0, 0.05) is 45.3 Å². The molecule has 216 valence electrons. The van der Waals surface area contributed by atoms with Crippen molar-refractivity contribution in [1.29, 1.82) is 0 Å². The zero-order valence-corrected chi connectivity index (χ0v) is 24.3. The van der Waals surface area contributed by atoms with Crippen molar-refractivity contribution in [2.75, 3.05) is 10.7 Å². The molecule has 0 spiro atoms. The largest absolute Gasteiger partial charge is 0.456 e. The Balaban J connectivity index is 2.54. The van der Waals surface area contributed by atoms with E-state index in [2.05, 4.69) is 31.9 Å². The third-order valence-corrected chi connectivity index (χ3v) is 6.55. The number of halogens is 3. The first-order valence-corrected chi connectivity index (χ1v) is 13.6. The summed E-state index contributed by atoms with van der Waals surface area (Å²) in [6.07, 6.45) is -14.5. The van der Waals surface area contributed by atoms with Crippen molar-refractivity contribution < 1.29 is 66.3 Å². The van der Waals surface area contributed by atoms with Gasteiger partial charge in [0.2, 0.25) is 6.36 Å². The zero-order valence-electron chi connectivity index (χ0n) is 21.1. The van der Waals surface area contributed by atoms with Crippen LogP contribution in [0, 0.1) is 0 Å². The van der Waals surface area contributed by atoms with Gasteiger partial charge in [-0.25, -0.2) is 4.39 Å². The molecule has 0 aliphatic carbocycles. The maximum atomic E-state index is 14.9. The van der Waals surface area contributed by atoms with Crippen molar-refractivity contribution in [3.63, 3.8) is 0 Å². The highest BCUT2D eigenvalue weighted by Crippen LogP contribution is 2.35. The molecule has 2 saturated heterocycles. The first kappa shape index (κ1) is 32.3. The minimum atomic E-state index is -2.18. The molecule has 16 heteroatoms. The number of rotatable bonds is 9. The molecule has 38 heavy (non-hydrogen) atoms. The monoisotopic (exact) mass is 678 g/mol. The number of carbonyl (C=O) groups excluding carboxylic acids is 5. The lowest BCUT2D eigenvalue weighted by molar-refractivity contribution is -0.343. The Labute approximate surface area is 234 Å². The minimum absolute atomic E-state index is 0.0289. The van der Waals surface area contributed by atoms with Gasteiger partial charge in [-0.15, -0.1) is 0 Å². The van der Waals surface area contributed by atoms with Crippen molar-refractivity contribution >= 4 is 61.7 Å². The van der Waals surface area contributed by atoms with Crippen LogP contribution in [0.4, 0.5) is 4.39 Å². The van der Waals surface area contributed by atoms with E-state index in [0.717, 1.165) is 34.6 Å². The van der Waals surface area contributed by atoms with Gasteiger partial charge >= 0.3 is 29.8 Å². The van der Waals surface area contributed by atoms with Crippen LogP contribution in [0.3, 0.4) is 0 Å². The molecule has 2 heterocycles. The van der Waals surface area contributed by atoms with Crippen LogP contribution in [-0.4, -0.2) is 102 Å². The van der Waals surface area contributed by atoms with Crippen molar-refractivity contribution in [2.45, 2.75) is 96.1 Å². The lowest BCUT2D eigenvalue weighted by Gasteiger charge is -2.47. The normalized spacial score (nSPS) is 34.9. The second-order valence-corrected chi connectivity index (χ2v) is 9.64. The lowest BCUT2D eigenvalue weighted by Crippen LogP contribution is -2.66. The third-order valence-electron chi connectivity index (χ3n) is 5.27. The van der Waals surface area contributed by atoms with Crippen LogP contribution in [0.1, 0.15) is 34.6 Å². The van der Waals surface area contributed by atoms with E-state index >= 15 is 0 Å². The standard InChI is InChI=1S/C22H29Br2FO13/c1-8(26)31-15-14(7-24)37-22(20(35-12(5)30)18(15)33-10(3)28)38-16-13(6-23)36-21(25)19(34-11(4)29)17(16)32-9(2)27/h13-22H,6-7H2,1-5H3/t13-,14-,15-,16-,17+,18+,19-,20-,21+,22+/m1/s1. The molecule has 0 unspecified atom stereocenters. The highest BCUT2D eigenvalue weighted by molar-refractivity contribution is 9.09. The first-order chi connectivity index (χ1) is 17.8. The van der Waals surface area contributed by atoms with Gasteiger partial charge in [0.25, 0.3) is 0 Å². The fraction of sp³-hybridized carbons (Fsp3) is 0.773. The maximum absolute atomic E-state index is 14.9. The van der Waals surface area contributed by atoms with E-state index in [0.29, 0.717) is 0 Å². The van der Waals surface area contributed by atoms with Crippen LogP contribution in [0.2, 0.25) is 0 Å². The number of carbonyl (C=O) groups is 5. The van der Waals surface area contributed by atoms with E-state index in [1.807, 2.05) is 0 Å². The van der Waals surface area contributed by atoms with Gasteiger partial charge in [0.15, 0.2) is 36.8 Å². The molecule has 2 aliphatic heterocycles. The predicted octanol–water partition coefficient (Wildman–Crippen LogP) is 1.24. The summed E-state index contributed by atoms with van der Waals surface area (Å²) in [6, 6.07) is 0. The van der Waals surface area contributed by atoms with Crippen LogP contribution in [0.5, 0.6) is 0 Å². The van der Waals surface area contributed by atoms with Gasteiger partial charge in [-0.1, -0.05) is 31.9 Å². The molecule has 2 rings (SSSR count). The van der Waals surface area contributed by atoms with Gasteiger partial charge in [-0.3, -0.25) is 24.0 Å². The van der Waals surface area contributed by atoms with Gasteiger partial charge < -0.3 is 37.9 Å². The second-order valence-electron chi connectivity index (χ2n) is 8.35. The Morgan fingerprint density at radius 2 is 0.947 bits per heavy atom. The first-order valence-electron chi connectivity index (χ1n) is 11.4. The van der Waals surface area contributed by atoms with Crippen molar-refractivity contribution in [3.8, 4) is 0 Å². The van der Waals surface area contributed by atoms with E-state index in [9.17, 15) is 28.4 Å². The van der Waals surface area contributed by atoms with Crippen LogP contribution < -0.4 is 0 Å². The molecule has 0 N–H and O–H groups in total. The summed E-state index contributed by atoms with van der Waals surface area (Å²) in [5, 5.41) is 0.0211. The molecule has 2 aliphatic rings. The fourth-order valence-corrected chi connectivity index (χ4v) is 5.08. The van der Waals surface area contributed by atoms with E-state index in [1.54, 1.807) is 0 Å². The molecule has 0 saturated carbocycles. The quantitative estimate of drug-likeness (QED) is 0.195. The van der Waals surface area contributed by atoms with Gasteiger partial charge in [0.1, 0.15) is 18.3 Å². The van der Waals surface area contributed by atoms with Crippen molar-refractivity contribution in [1.82, 2.24) is 0 Å². The molecule has 0 aromatic rings. The van der Waals surface area contributed by atoms with Crippen LogP contribution in [-0.2, 0) is 61.9 Å². The van der Waals surface area contributed by atoms with Crippen molar-refractivity contribution in [3.05, 3.63) is 0 Å². The number of esters is 5. The van der Waals surface area contributed by atoms with E-state index in [4.69, 9.17) is 37.9 Å². The zero-order chi connectivity index (χ0) is 28.7. The summed E-state index contributed by atoms with van der Waals surface area (Å²) < 4.78 is 58.6. The van der Waals surface area contributed by atoms with Crippen LogP contribution >= 0.6 is 31.9 Å². The molecule has 0 aromatic heterocycles. The summed E-state index contributed by atoms with van der Waals surface area (Å²) in [7, 11) is 0. The lowest BCUT2D eigenvalue weighted by atomic mass is 9.97. The fourth-order valence-electron chi connectivity index (χ4n) is 4.04. The van der Waals surface area contributed by atoms with E-state index in [-0.39, 0.29) is 10.7 Å². The van der Waals surface area contributed by atoms with Gasteiger partial charge in [-0.05, 0) is 0 Å². The highest BCUT2D eigenvalue weighted by Gasteiger charge is 2.56. The van der Waals surface area contributed by atoms with Crippen LogP contribution in [0.15, 0.2) is 0 Å². The molecule has 2 fully saturated rings. The average molecular weight is 680 g/mol. The van der Waals surface area contributed by atoms with Gasteiger partial charge in [0.05, 0.1) is 0 Å². The Bertz CT molecular complexity index is 889. The summed E-state index contributed by atoms with van der Waals surface area (Å²) in [5.41, 5.74) is 0. The Morgan fingerprint density at radius 1 is 0.579 bits per heavy atom. The SMILES string of the molecule is CC(=O)O[C@@H]1[C@@H](OC(C)=O)[C@@H](F)O[C@H](CBr)[C@H]1O[C@@H]1O[C@H](CBr)[C@@H](OC(C)=O)[C@H](OC(C)=O)[C@H]1OC(C)=O. The summed E-state index contributed by atoms with van der Waals surface area (Å²) in [6.45, 7) is 5.40. The van der Waals surface area contributed by atoms with E-state index < -0.39 is 91.3 Å². The van der Waals surface area contributed by atoms with Crippen LogP contribution in [0.25, 0.3) is 0 Å². The molecular formula is C22H29Br2FO13. The number of alkyl halides is 3. The predicted molar refractivity (Wildman–Crippen MR) is 129 cm³/mol. The molecule has 0 bridgehead atoms. The smallest absolute Gasteiger partial charge is 0.303 e. The topological polar surface area (TPSA) is 159 Å².